The van der Waals surface area contributed by atoms with Crippen molar-refractivity contribution in [2.24, 2.45) is 0 Å². The first-order valence-electron chi connectivity index (χ1n) is 9.04. The van der Waals surface area contributed by atoms with E-state index in [0.29, 0.717) is 23.5 Å². The summed E-state index contributed by atoms with van der Waals surface area (Å²) in [6.07, 6.45) is -0.306. The summed E-state index contributed by atoms with van der Waals surface area (Å²) in [5.41, 5.74) is 2.28. The van der Waals surface area contributed by atoms with Gasteiger partial charge in [0.2, 0.25) is 0 Å². The van der Waals surface area contributed by atoms with Gasteiger partial charge in [-0.2, -0.15) is 0 Å². The van der Waals surface area contributed by atoms with Crippen molar-refractivity contribution in [1.82, 2.24) is 5.32 Å². The van der Waals surface area contributed by atoms with Crippen LogP contribution in [0.15, 0.2) is 48.5 Å². The molecule has 0 heterocycles. The zero-order valence-corrected chi connectivity index (χ0v) is 16.2. The van der Waals surface area contributed by atoms with Crippen molar-refractivity contribution in [3.63, 3.8) is 0 Å². The van der Waals surface area contributed by atoms with Gasteiger partial charge in [-0.15, -0.1) is 0 Å². The molecule has 0 aliphatic rings. The van der Waals surface area contributed by atoms with E-state index in [0.717, 1.165) is 5.56 Å². The molecule has 1 amide bonds. The van der Waals surface area contributed by atoms with Crippen LogP contribution in [-0.4, -0.2) is 18.5 Å². The largest absolute Gasteiger partial charge is 0.550 e. The highest BCUT2D eigenvalue weighted by Crippen LogP contribution is 2.23. The third-order valence-corrected chi connectivity index (χ3v) is 4.28. The molecule has 0 spiro atoms. The molecule has 0 aliphatic carbocycles. The van der Waals surface area contributed by atoms with Crippen molar-refractivity contribution in [2.45, 2.75) is 45.6 Å². The fraction of sp³-hybridized carbons (Fsp3) is 0.364. The second kappa shape index (κ2) is 8.71. The maximum Gasteiger partial charge on any atom is 0.251 e. The van der Waals surface area contributed by atoms with Crippen molar-refractivity contribution < 1.29 is 19.4 Å². The Hall–Kier alpha value is -2.82. The zero-order valence-electron chi connectivity index (χ0n) is 16.2. The summed E-state index contributed by atoms with van der Waals surface area (Å²) in [7, 11) is 0. The molecule has 1 atom stereocenters. The standard InChI is InChI=1S/C22H27NO4/c1-5-27-18-12-8-15(9-13-18)19(14-20(24)25)23-21(26)16-6-10-17(11-7-16)22(2,3)4/h6-13,19H,5,14H2,1-4H3,(H,23,26)(H,24,25)/p-1/t19-/m0/s1. The highest BCUT2D eigenvalue weighted by Gasteiger charge is 2.18. The molecule has 0 saturated carbocycles. The number of aliphatic carboxylic acids is 1. The van der Waals surface area contributed by atoms with E-state index in [2.05, 4.69) is 26.1 Å². The lowest BCUT2D eigenvalue weighted by Gasteiger charge is -2.21. The molecule has 2 rings (SSSR count). The predicted octanol–water partition coefficient (Wildman–Crippen LogP) is 2.99. The van der Waals surface area contributed by atoms with E-state index in [1.54, 1.807) is 36.4 Å². The van der Waals surface area contributed by atoms with Crippen LogP contribution >= 0.6 is 0 Å². The van der Waals surface area contributed by atoms with Crippen LogP contribution in [0.5, 0.6) is 5.75 Å². The number of amides is 1. The maximum atomic E-state index is 12.6. The van der Waals surface area contributed by atoms with Gasteiger partial charge in [0.05, 0.1) is 12.6 Å². The van der Waals surface area contributed by atoms with Crippen LogP contribution in [0.4, 0.5) is 0 Å². The van der Waals surface area contributed by atoms with Gasteiger partial charge in [0, 0.05) is 18.0 Å². The van der Waals surface area contributed by atoms with Gasteiger partial charge in [-0.05, 0) is 47.7 Å². The zero-order chi connectivity index (χ0) is 20.0. The highest BCUT2D eigenvalue weighted by atomic mass is 16.5. The molecule has 144 valence electrons. The van der Waals surface area contributed by atoms with Gasteiger partial charge in [0.25, 0.3) is 5.91 Å². The number of carboxylic acids is 1. The Labute approximate surface area is 160 Å². The van der Waals surface area contributed by atoms with Crippen molar-refractivity contribution >= 4 is 11.9 Å². The van der Waals surface area contributed by atoms with E-state index in [4.69, 9.17) is 4.74 Å². The molecular weight excluding hydrogens is 342 g/mol. The molecule has 5 nitrogen and oxygen atoms in total. The van der Waals surface area contributed by atoms with Crippen molar-refractivity contribution in [1.29, 1.82) is 0 Å². The van der Waals surface area contributed by atoms with Gasteiger partial charge in [-0.3, -0.25) is 4.79 Å². The van der Waals surface area contributed by atoms with Crippen LogP contribution in [-0.2, 0) is 10.2 Å². The Bertz CT molecular complexity index is 773. The summed E-state index contributed by atoms with van der Waals surface area (Å²) in [4.78, 5) is 23.7. The molecular formula is C22H26NO4-. The van der Waals surface area contributed by atoms with E-state index in [9.17, 15) is 14.7 Å². The first-order chi connectivity index (χ1) is 12.7. The molecule has 0 aromatic heterocycles. The number of rotatable bonds is 7. The lowest BCUT2D eigenvalue weighted by Crippen LogP contribution is -2.34. The number of hydrogen-bond acceptors (Lipinski definition) is 4. The van der Waals surface area contributed by atoms with E-state index in [1.807, 2.05) is 19.1 Å². The van der Waals surface area contributed by atoms with Crippen LogP contribution in [0.2, 0.25) is 0 Å². The third kappa shape index (κ3) is 5.84. The monoisotopic (exact) mass is 368 g/mol. The molecule has 0 aliphatic heterocycles. The molecule has 0 bridgehead atoms. The molecule has 0 saturated heterocycles. The SMILES string of the molecule is CCOc1ccc([C@H](CC(=O)[O-])NC(=O)c2ccc(C(C)(C)C)cc2)cc1. The first-order valence-corrected chi connectivity index (χ1v) is 9.04. The number of carboxylic acid groups (broad SMARTS) is 1. The molecule has 2 aromatic carbocycles. The number of carbonyl (C=O) groups excluding carboxylic acids is 2. The number of ether oxygens (including phenoxy) is 1. The molecule has 1 N–H and O–H groups in total. The molecule has 27 heavy (non-hydrogen) atoms. The molecule has 5 heteroatoms. The average Bonchev–Trinajstić information content (AvgIpc) is 2.61. The number of hydrogen-bond donors (Lipinski definition) is 1. The smallest absolute Gasteiger partial charge is 0.251 e. The van der Waals surface area contributed by atoms with Gasteiger partial charge >= 0.3 is 0 Å². The van der Waals surface area contributed by atoms with Gasteiger partial charge < -0.3 is 20.0 Å². The Balaban J connectivity index is 2.17. The van der Waals surface area contributed by atoms with E-state index in [1.165, 1.54) is 0 Å². The minimum atomic E-state index is -1.22. The second-order valence-corrected chi connectivity index (χ2v) is 7.43. The van der Waals surface area contributed by atoms with Crippen molar-refractivity contribution in [3.8, 4) is 5.75 Å². The number of nitrogens with one attached hydrogen (secondary N) is 1. The third-order valence-electron chi connectivity index (χ3n) is 4.28. The lowest BCUT2D eigenvalue weighted by atomic mass is 9.86. The van der Waals surface area contributed by atoms with Crippen LogP contribution < -0.4 is 15.2 Å². The Kier molecular flexibility index (Phi) is 6.61. The lowest BCUT2D eigenvalue weighted by molar-refractivity contribution is -0.306. The van der Waals surface area contributed by atoms with Gasteiger partial charge in [0.1, 0.15) is 5.75 Å². The average molecular weight is 368 g/mol. The summed E-state index contributed by atoms with van der Waals surface area (Å²) in [5.74, 6) is -0.856. The Morgan fingerprint density at radius 1 is 1.04 bits per heavy atom. The van der Waals surface area contributed by atoms with Gasteiger partial charge in [0.15, 0.2) is 0 Å². The highest BCUT2D eigenvalue weighted by molar-refractivity contribution is 5.94. The quantitative estimate of drug-likeness (QED) is 0.815. The van der Waals surface area contributed by atoms with Crippen LogP contribution in [0.1, 0.15) is 61.6 Å². The fourth-order valence-electron chi connectivity index (χ4n) is 2.75. The second-order valence-electron chi connectivity index (χ2n) is 7.43. The summed E-state index contributed by atoms with van der Waals surface area (Å²) in [5, 5.41) is 13.9. The fourth-order valence-corrected chi connectivity index (χ4v) is 2.75. The molecule has 2 aromatic rings. The van der Waals surface area contributed by atoms with E-state index >= 15 is 0 Å². The number of carbonyl (C=O) groups is 2. The van der Waals surface area contributed by atoms with Crippen molar-refractivity contribution in [2.75, 3.05) is 6.61 Å². The minimum absolute atomic E-state index is 0.00513. The topological polar surface area (TPSA) is 78.5 Å². The molecule has 0 fully saturated rings. The van der Waals surface area contributed by atoms with Crippen LogP contribution in [0.3, 0.4) is 0 Å². The van der Waals surface area contributed by atoms with E-state index in [-0.39, 0.29) is 17.7 Å². The normalized spacial score (nSPS) is 12.3. The van der Waals surface area contributed by atoms with Crippen LogP contribution in [0.25, 0.3) is 0 Å². The van der Waals surface area contributed by atoms with Gasteiger partial charge in [-0.25, -0.2) is 0 Å². The molecule has 0 radical (unpaired) electrons. The van der Waals surface area contributed by atoms with Crippen LogP contribution in [0, 0.1) is 0 Å². The predicted molar refractivity (Wildman–Crippen MR) is 103 cm³/mol. The first kappa shape index (κ1) is 20.5. The van der Waals surface area contributed by atoms with E-state index < -0.39 is 12.0 Å². The maximum absolute atomic E-state index is 12.6. The summed E-state index contributed by atoms with van der Waals surface area (Å²) >= 11 is 0. The Morgan fingerprint density at radius 2 is 1.63 bits per heavy atom. The summed E-state index contributed by atoms with van der Waals surface area (Å²) in [6, 6.07) is 13.7. The minimum Gasteiger partial charge on any atom is -0.550 e. The van der Waals surface area contributed by atoms with Gasteiger partial charge in [-0.1, -0.05) is 45.0 Å². The number of benzene rings is 2. The Morgan fingerprint density at radius 3 is 2.11 bits per heavy atom. The van der Waals surface area contributed by atoms with Crippen molar-refractivity contribution in [3.05, 3.63) is 65.2 Å². The summed E-state index contributed by atoms with van der Waals surface area (Å²) < 4.78 is 5.39. The summed E-state index contributed by atoms with van der Waals surface area (Å²) in [6.45, 7) is 8.73. The molecule has 0 unspecified atom stereocenters.